The molecule has 0 atom stereocenters. The Morgan fingerprint density at radius 2 is 1.56 bits per heavy atom. The number of rotatable bonds is 4. The van der Waals surface area contributed by atoms with Gasteiger partial charge in [0, 0.05) is 15.6 Å². The van der Waals surface area contributed by atoms with Gasteiger partial charge >= 0.3 is 0 Å². The van der Waals surface area contributed by atoms with Gasteiger partial charge in [-0.1, -0.05) is 22.0 Å². The molecule has 0 spiro atoms. The van der Waals surface area contributed by atoms with E-state index in [1.165, 1.54) is 20.3 Å². The number of nitrogens with one attached hydrogen (secondary N) is 3. The number of hydrazine groups is 1. The van der Waals surface area contributed by atoms with Gasteiger partial charge in [0.2, 0.25) is 0 Å². The summed E-state index contributed by atoms with van der Waals surface area (Å²) >= 11 is 8.40. The van der Waals surface area contributed by atoms with Crippen molar-refractivity contribution in [2.75, 3.05) is 14.2 Å². The van der Waals surface area contributed by atoms with Gasteiger partial charge in [0.15, 0.2) is 16.6 Å². The first-order chi connectivity index (χ1) is 12.8. The Bertz CT molecular complexity index is 889. The fourth-order valence-corrected chi connectivity index (χ4v) is 2.63. The molecule has 0 bridgehead atoms. The molecule has 2 amide bonds. The molecular weight excluding hydrogens is 434 g/mol. The molecule has 0 saturated heterocycles. The van der Waals surface area contributed by atoms with E-state index >= 15 is 0 Å². The number of ether oxygens (including phenoxy) is 2. The molecule has 0 aliphatic carbocycles. The minimum Gasteiger partial charge on any atom is -0.493 e. The number of hydrogen-bond donors (Lipinski definition) is 3. The summed E-state index contributed by atoms with van der Waals surface area (Å²) < 4.78 is 11.1. The van der Waals surface area contributed by atoms with Crippen LogP contribution in [0.4, 0.5) is 0 Å². The van der Waals surface area contributed by atoms with Crippen LogP contribution in [0, 0.1) is 6.92 Å². The van der Waals surface area contributed by atoms with E-state index in [1.807, 2.05) is 13.0 Å². The van der Waals surface area contributed by atoms with Gasteiger partial charge in [-0.15, -0.1) is 0 Å². The zero-order chi connectivity index (χ0) is 20.0. The van der Waals surface area contributed by atoms with Gasteiger partial charge in [0.25, 0.3) is 11.8 Å². The molecule has 0 heterocycles. The highest BCUT2D eigenvalue weighted by atomic mass is 79.9. The van der Waals surface area contributed by atoms with Gasteiger partial charge in [-0.3, -0.25) is 25.8 Å². The quantitative estimate of drug-likeness (QED) is 0.489. The first-order valence-corrected chi connectivity index (χ1v) is 8.95. The molecule has 2 rings (SSSR count). The van der Waals surface area contributed by atoms with Crippen LogP contribution in [0.1, 0.15) is 26.3 Å². The summed E-state index contributed by atoms with van der Waals surface area (Å²) in [6.07, 6.45) is 0. The number of methoxy groups -OCH3 is 2. The predicted molar refractivity (Wildman–Crippen MR) is 109 cm³/mol. The van der Waals surface area contributed by atoms with Crippen molar-refractivity contribution >= 4 is 45.1 Å². The van der Waals surface area contributed by atoms with Gasteiger partial charge in [0.05, 0.1) is 14.2 Å². The Hall–Kier alpha value is -2.65. The van der Waals surface area contributed by atoms with Crippen molar-refractivity contribution in [2.45, 2.75) is 6.92 Å². The minimum absolute atomic E-state index is 0.0366. The maximum absolute atomic E-state index is 12.2. The SMILES string of the molecule is COc1ccc(C(=O)NNC(=S)NC(=O)c2ccc(C)c(Br)c2)cc1OC. The van der Waals surface area contributed by atoms with Crippen molar-refractivity contribution in [3.63, 3.8) is 0 Å². The average molecular weight is 452 g/mol. The van der Waals surface area contributed by atoms with Crippen LogP contribution in [-0.2, 0) is 0 Å². The molecule has 142 valence electrons. The summed E-state index contributed by atoms with van der Waals surface area (Å²) in [5.41, 5.74) is 6.68. The van der Waals surface area contributed by atoms with Crippen molar-refractivity contribution in [2.24, 2.45) is 0 Å². The third-order valence-corrected chi connectivity index (χ3v) is 4.65. The lowest BCUT2D eigenvalue weighted by atomic mass is 10.1. The van der Waals surface area contributed by atoms with Crippen LogP contribution in [0.5, 0.6) is 11.5 Å². The molecular formula is C18H18BrN3O4S. The molecule has 0 saturated carbocycles. The lowest BCUT2D eigenvalue weighted by Gasteiger charge is -2.12. The summed E-state index contributed by atoms with van der Waals surface area (Å²) in [6.45, 7) is 1.92. The largest absolute Gasteiger partial charge is 0.493 e. The molecule has 0 aliphatic heterocycles. The molecule has 0 unspecified atom stereocenters. The number of carbonyl (C=O) groups excluding carboxylic acids is 2. The summed E-state index contributed by atoms with van der Waals surface area (Å²) in [7, 11) is 2.98. The second-order valence-electron chi connectivity index (χ2n) is 5.40. The highest BCUT2D eigenvalue weighted by Crippen LogP contribution is 2.27. The number of amides is 2. The van der Waals surface area contributed by atoms with E-state index in [0.717, 1.165) is 10.0 Å². The number of carbonyl (C=O) groups is 2. The van der Waals surface area contributed by atoms with Crippen LogP contribution in [0.3, 0.4) is 0 Å². The lowest BCUT2D eigenvalue weighted by molar-refractivity contribution is 0.0934. The fraction of sp³-hybridized carbons (Fsp3) is 0.167. The van der Waals surface area contributed by atoms with Crippen molar-refractivity contribution in [3.8, 4) is 11.5 Å². The summed E-state index contributed by atoms with van der Waals surface area (Å²) in [5, 5.41) is 2.46. The topological polar surface area (TPSA) is 88.7 Å². The number of thiocarbonyl (C=S) groups is 1. The Labute approximate surface area is 170 Å². The zero-order valence-electron chi connectivity index (χ0n) is 14.9. The van der Waals surface area contributed by atoms with Crippen LogP contribution >= 0.6 is 28.1 Å². The van der Waals surface area contributed by atoms with Crippen LogP contribution in [-0.4, -0.2) is 31.1 Å². The monoisotopic (exact) mass is 451 g/mol. The average Bonchev–Trinajstić information content (AvgIpc) is 2.67. The third kappa shape index (κ3) is 5.41. The molecule has 3 N–H and O–H groups in total. The van der Waals surface area contributed by atoms with Gasteiger partial charge in [0.1, 0.15) is 0 Å². The molecule has 0 aromatic heterocycles. The van der Waals surface area contributed by atoms with E-state index in [-0.39, 0.29) is 5.11 Å². The van der Waals surface area contributed by atoms with Crippen LogP contribution in [0.15, 0.2) is 40.9 Å². The first kappa shape index (κ1) is 20.7. The number of benzene rings is 2. The van der Waals surface area contributed by atoms with Crippen LogP contribution in [0.25, 0.3) is 0 Å². The molecule has 2 aromatic carbocycles. The van der Waals surface area contributed by atoms with E-state index in [4.69, 9.17) is 21.7 Å². The van der Waals surface area contributed by atoms with Gasteiger partial charge < -0.3 is 9.47 Å². The normalized spacial score (nSPS) is 9.93. The Kier molecular flexibility index (Phi) is 7.14. The number of hydrogen-bond acceptors (Lipinski definition) is 5. The van der Waals surface area contributed by atoms with E-state index in [1.54, 1.807) is 24.3 Å². The summed E-state index contributed by atoms with van der Waals surface area (Å²) in [5.74, 6) is 0.0826. The highest BCUT2D eigenvalue weighted by molar-refractivity contribution is 9.10. The second kappa shape index (κ2) is 9.33. The standard InChI is InChI=1S/C18H18BrN3O4S/c1-10-4-5-11(8-13(10)19)16(23)20-18(27)22-21-17(24)12-6-7-14(25-2)15(9-12)26-3/h4-9H,1-3H3,(H,21,24)(H2,20,22,23,27). The summed E-state index contributed by atoms with van der Waals surface area (Å²) in [6, 6.07) is 9.90. The van der Waals surface area contributed by atoms with Gasteiger partial charge in [-0.25, -0.2) is 0 Å². The summed E-state index contributed by atoms with van der Waals surface area (Å²) in [4.78, 5) is 24.4. The highest BCUT2D eigenvalue weighted by Gasteiger charge is 2.12. The maximum Gasteiger partial charge on any atom is 0.269 e. The number of aryl methyl sites for hydroxylation is 1. The van der Waals surface area contributed by atoms with Crippen LogP contribution in [0.2, 0.25) is 0 Å². The second-order valence-corrected chi connectivity index (χ2v) is 6.66. The Morgan fingerprint density at radius 3 is 2.19 bits per heavy atom. The van der Waals surface area contributed by atoms with Crippen molar-refractivity contribution in [1.29, 1.82) is 0 Å². The van der Waals surface area contributed by atoms with Crippen molar-refractivity contribution in [1.82, 2.24) is 16.2 Å². The molecule has 27 heavy (non-hydrogen) atoms. The molecule has 9 heteroatoms. The van der Waals surface area contributed by atoms with Crippen molar-refractivity contribution in [3.05, 3.63) is 57.6 Å². The van der Waals surface area contributed by atoms with E-state index in [9.17, 15) is 9.59 Å². The van der Waals surface area contributed by atoms with Gasteiger partial charge in [-0.05, 0) is 55.0 Å². The molecule has 0 radical (unpaired) electrons. The Balaban J connectivity index is 1.93. The van der Waals surface area contributed by atoms with Crippen LogP contribution < -0.4 is 25.6 Å². The maximum atomic E-state index is 12.2. The minimum atomic E-state index is -0.453. The third-order valence-electron chi connectivity index (χ3n) is 3.60. The molecule has 0 fully saturated rings. The fourth-order valence-electron chi connectivity index (χ4n) is 2.10. The van der Waals surface area contributed by atoms with E-state index < -0.39 is 11.8 Å². The van der Waals surface area contributed by atoms with Gasteiger partial charge in [-0.2, -0.15) is 0 Å². The Morgan fingerprint density at radius 1 is 0.926 bits per heavy atom. The molecule has 0 aliphatic rings. The van der Waals surface area contributed by atoms with Crippen molar-refractivity contribution < 1.29 is 19.1 Å². The zero-order valence-corrected chi connectivity index (χ0v) is 17.3. The van der Waals surface area contributed by atoms with E-state index in [2.05, 4.69) is 32.1 Å². The molecule has 2 aromatic rings. The predicted octanol–water partition coefficient (Wildman–Crippen LogP) is 2.72. The van der Waals surface area contributed by atoms with E-state index in [0.29, 0.717) is 22.6 Å². The lowest BCUT2D eigenvalue weighted by Crippen LogP contribution is -2.48. The smallest absolute Gasteiger partial charge is 0.269 e. The first-order valence-electron chi connectivity index (χ1n) is 7.75. The molecule has 7 nitrogen and oxygen atoms in total. The number of halogens is 1.